The number of carbonyl (C=O) groups excluding carboxylic acids is 2. The Morgan fingerprint density at radius 3 is 3.03 bits per heavy atom. The standard InChI is InChI=1S/C19H21N7O3S/c1-12-21-19(29-23-12)16-11-25(24-22-16)7-6-20-18(28)13-8-17(27)26(10-13)14-4-3-5-15(9-14)30-2/h3-5,9,11,13H,6-8,10H2,1-2H3,(H,20,28). The molecule has 2 aromatic heterocycles. The van der Waals surface area contributed by atoms with E-state index in [-0.39, 0.29) is 24.2 Å². The summed E-state index contributed by atoms with van der Waals surface area (Å²) in [6.07, 6.45) is 3.88. The van der Waals surface area contributed by atoms with Crippen LogP contribution in [0.1, 0.15) is 12.2 Å². The van der Waals surface area contributed by atoms with Crippen LogP contribution in [0.5, 0.6) is 0 Å². The van der Waals surface area contributed by atoms with Crippen LogP contribution in [-0.2, 0) is 16.1 Å². The number of hydrogen-bond acceptors (Lipinski definition) is 8. The molecule has 1 fully saturated rings. The number of aromatic nitrogens is 5. The van der Waals surface area contributed by atoms with Gasteiger partial charge in [0.05, 0.1) is 18.7 Å². The monoisotopic (exact) mass is 427 g/mol. The Morgan fingerprint density at radius 2 is 2.27 bits per heavy atom. The summed E-state index contributed by atoms with van der Waals surface area (Å²) in [6.45, 7) is 2.91. The van der Waals surface area contributed by atoms with E-state index in [1.807, 2.05) is 30.5 Å². The summed E-state index contributed by atoms with van der Waals surface area (Å²) < 4.78 is 6.65. The lowest BCUT2D eigenvalue weighted by Gasteiger charge is -2.17. The molecule has 30 heavy (non-hydrogen) atoms. The van der Waals surface area contributed by atoms with Gasteiger partial charge in [0.25, 0.3) is 5.89 Å². The fourth-order valence-electron chi connectivity index (χ4n) is 3.26. The molecule has 0 aliphatic carbocycles. The summed E-state index contributed by atoms with van der Waals surface area (Å²) in [6, 6.07) is 7.78. The molecule has 0 saturated carbocycles. The predicted molar refractivity (Wildman–Crippen MR) is 110 cm³/mol. The fourth-order valence-corrected chi connectivity index (χ4v) is 3.71. The van der Waals surface area contributed by atoms with Crippen molar-refractivity contribution in [1.82, 2.24) is 30.5 Å². The minimum absolute atomic E-state index is 0.0378. The molecular weight excluding hydrogens is 406 g/mol. The third-order valence-electron chi connectivity index (χ3n) is 4.79. The van der Waals surface area contributed by atoms with Crippen LogP contribution in [-0.4, -0.2) is 56.3 Å². The van der Waals surface area contributed by atoms with E-state index in [2.05, 4.69) is 25.8 Å². The highest BCUT2D eigenvalue weighted by Crippen LogP contribution is 2.28. The average molecular weight is 427 g/mol. The normalized spacial score (nSPS) is 16.3. The Morgan fingerprint density at radius 1 is 1.40 bits per heavy atom. The van der Waals surface area contributed by atoms with Gasteiger partial charge in [0.1, 0.15) is 0 Å². The highest BCUT2D eigenvalue weighted by molar-refractivity contribution is 7.98. The Labute approximate surface area is 177 Å². The van der Waals surface area contributed by atoms with E-state index in [0.29, 0.717) is 37.0 Å². The number of aryl methyl sites for hydroxylation is 1. The Balaban J connectivity index is 1.29. The number of thioether (sulfide) groups is 1. The van der Waals surface area contributed by atoms with Crippen LogP contribution < -0.4 is 10.2 Å². The van der Waals surface area contributed by atoms with Gasteiger partial charge in [-0.2, -0.15) is 4.98 Å². The third kappa shape index (κ3) is 4.35. The summed E-state index contributed by atoms with van der Waals surface area (Å²) in [7, 11) is 0. The third-order valence-corrected chi connectivity index (χ3v) is 5.51. The molecule has 2 amide bonds. The summed E-state index contributed by atoms with van der Waals surface area (Å²) in [5, 5.41) is 14.6. The van der Waals surface area contributed by atoms with Gasteiger partial charge in [-0.05, 0) is 31.4 Å². The quantitative estimate of drug-likeness (QED) is 0.564. The molecule has 11 heteroatoms. The minimum Gasteiger partial charge on any atom is -0.354 e. The van der Waals surface area contributed by atoms with Gasteiger partial charge in [-0.1, -0.05) is 16.4 Å². The molecule has 3 heterocycles. The summed E-state index contributed by atoms with van der Waals surface area (Å²) in [5.41, 5.74) is 1.31. The smallest absolute Gasteiger partial charge is 0.280 e. The van der Waals surface area contributed by atoms with Crippen molar-refractivity contribution in [3.63, 3.8) is 0 Å². The van der Waals surface area contributed by atoms with Crippen molar-refractivity contribution < 1.29 is 14.1 Å². The zero-order valence-electron chi connectivity index (χ0n) is 16.6. The number of nitrogens with one attached hydrogen (secondary N) is 1. The Bertz CT molecular complexity index is 1060. The van der Waals surface area contributed by atoms with Crippen LogP contribution in [0.25, 0.3) is 11.6 Å². The second-order valence-corrected chi connectivity index (χ2v) is 7.79. The van der Waals surface area contributed by atoms with E-state index in [1.54, 1.807) is 34.5 Å². The van der Waals surface area contributed by atoms with E-state index in [1.165, 1.54) is 0 Å². The van der Waals surface area contributed by atoms with E-state index in [0.717, 1.165) is 10.6 Å². The van der Waals surface area contributed by atoms with Gasteiger partial charge in [0.2, 0.25) is 11.8 Å². The second-order valence-electron chi connectivity index (χ2n) is 6.91. The van der Waals surface area contributed by atoms with Crippen molar-refractivity contribution in [1.29, 1.82) is 0 Å². The van der Waals surface area contributed by atoms with Crippen molar-refractivity contribution in [2.24, 2.45) is 5.92 Å². The molecule has 0 bridgehead atoms. The van der Waals surface area contributed by atoms with Crippen molar-refractivity contribution in [2.75, 3.05) is 24.2 Å². The van der Waals surface area contributed by atoms with E-state index in [4.69, 9.17) is 4.52 Å². The van der Waals surface area contributed by atoms with Crippen molar-refractivity contribution in [2.45, 2.75) is 24.8 Å². The van der Waals surface area contributed by atoms with Crippen LogP contribution in [0.2, 0.25) is 0 Å². The van der Waals surface area contributed by atoms with Crippen LogP contribution in [0.15, 0.2) is 39.9 Å². The molecule has 1 N–H and O–H groups in total. The summed E-state index contributed by atoms with van der Waals surface area (Å²) >= 11 is 1.62. The lowest BCUT2D eigenvalue weighted by atomic mass is 10.1. The van der Waals surface area contributed by atoms with E-state index >= 15 is 0 Å². The highest BCUT2D eigenvalue weighted by Gasteiger charge is 2.35. The first-order valence-corrected chi connectivity index (χ1v) is 10.7. The van der Waals surface area contributed by atoms with Gasteiger partial charge in [-0.3, -0.25) is 9.59 Å². The molecule has 1 aliphatic heterocycles. The first kappa shape index (κ1) is 20.1. The molecule has 0 radical (unpaired) electrons. The second kappa shape index (κ2) is 8.66. The molecule has 1 aliphatic rings. The Hall–Kier alpha value is -3.21. The number of amides is 2. The number of anilines is 1. The number of benzene rings is 1. The van der Waals surface area contributed by atoms with Gasteiger partial charge in [0, 0.05) is 30.1 Å². The molecular formula is C19H21N7O3S. The van der Waals surface area contributed by atoms with Gasteiger partial charge in [-0.15, -0.1) is 16.9 Å². The predicted octanol–water partition coefficient (Wildman–Crippen LogP) is 1.53. The topological polar surface area (TPSA) is 119 Å². The first-order chi connectivity index (χ1) is 14.5. The average Bonchev–Trinajstić information content (AvgIpc) is 3.48. The number of carbonyl (C=O) groups is 2. The Kier molecular flexibility index (Phi) is 5.79. The van der Waals surface area contributed by atoms with E-state index < -0.39 is 0 Å². The van der Waals surface area contributed by atoms with Crippen molar-refractivity contribution in [3.8, 4) is 11.6 Å². The van der Waals surface area contributed by atoms with Crippen LogP contribution in [0, 0.1) is 12.8 Å². The highest BCUT2D eigenvalue weighted by atomic mass is 32.2. The fraction of sp³-hybridized carbons (Fsp3) is 0.368. The molecule has 1 aromatic carbocycles. The molecule has 4 rings (SSSR count). The van der Waals surface area contributed by atoms with Crippen LogP contribution >= 0.6 is 11.8 Å². The van der Waals surface area contributed by atoms with Crippen molar-refractivity contribution >= 4 is 29.3 Å². The van der Waals surface area contributed by atoms with Gasteiger partial charge in [-0.25, -0.2) is 4.68 Å². The largest absolute Gasteiger partial charge is 0.354 e. The summed E-state index contributed by atoms with van der Waals surface area (Å²) in [5.74, 6) is 0.275. The van der Waals surface area contributed by atoms with Crippen molar-refractivity contribution in [3.05, 3.63) is 36.3 Å². The van der Waals surface area contributed by atoms with Gasteiger partial charge in [0.15, 0.2) is 11.5 Å². The molecule has 0 spiro atoms. The lowest BCUT2D eigenvalue weighted by Crippen LogP contribution is -2.34. The molecule has 1 unspecified atom stereocenters. The maximum absolute atomic E-state index is 12.5. The van der Waals surface area contributed by atoms with Crippen LogP contribution in [0.3, 0.4) is 0 Å². The molecule has 1 atom stereocenters. The van der Waals surface area contributed by atoms with Gasteiger partial charge < -0.3 is 14.7 Å². The van der Waals surface area contributed by atoms with Gasteiger partial charge >= 0.3 is 0 Å². The zero-order valence-corrected chi connectivity index (χ0v) is 17.4. The van der Waals surface area contributed by atoms with Crippen LogP contribution in [0.4, 0.5) is 5.69 Å². The lowest BCUT2D eigenvalue weighted by molar-refractivity contribution is -0.126. The molecule has 10 nitrogen and oxygen atoms in total. The molecule has 1 saturated heterocycles. The molecule has 156 valence electrons. The number of hydrogen-bond donors (Lipinski definition) is 1. The number of rotatable bonds is 7. The SMILES string of the molecule is CSc1cccc(N2CC(C(=O)NCCn3cc(-c4nc(C)no4)nn3)CC2=O)c1. The minimum atomic E-state index is -0.372. The summed E-state index contributed by atoms with van der Waals surface area (Å²) in [4.78, 5) is 31.8. The maximum Gasteiger partial charge on any atom is 0.280 e. The first-order valence-electron chi connectivity index (χ1n) is 9.46. The molecule has 3 aromatic rings. The zero-order chi connectivity index (χ0) is 21.1. The van der Waals surface area contributed by atoms with E-state index in [9.17, 15) is 9.59 Å². The maximum atomic E-state index is 12.5. The number of nitrogens with zero attached hydrogens (tertiary/aromatic N) is 6.